The number of nitrogens with two attached hydrogens (primary N) is 1. The number of halogens is 1. The van der Waals surface area contributed by atoms with Crippen molar-refractivity contribution in [1.29, 1.82) is 0 Å². The average molecular weight is 335 g/mol. The van der Waals surface area contributed by atoms with Crippen LogP contribution >= 0.6 is 15.9 Å². The number of hydrogen-bond donors (Lipinski definition) is 2. The maximum atomic E-state index is 11.7. The number of sulfone groups is 1. The van der Waals surface area contributed by atoms with Crippen LogP contribution in [-0.4, -0.2) is 31.9 Å². The average Bonchev–Trinajstić information content (AvgIpc) is 2.30. The quantitative estimate of drug-likeness (QED) is 0.845. The summed E-state index contributed by atoms with van der Waals surface area (Å²) < 4.78 is 24.2. The fourth-order valence-electron chi connectivity index (χ4n) is 1.20. The number of benzene rings is 1. The van der Waals surface area contributed by atoms with Crippen molar-refractivity contribution in [3.8, 4) is 0 Å². The normalized spacial score (nSPS) is 13.1. The molecule has 0 heterocycles. The van der Waals surface area contributed by atoms with Crippen molar-refractivity contribution in [2.75, 3.05) is 17.6 Å². The molecule has 0 bridgehead atoms. The van der Waals surface area contributed by atoms with E-state index in [9.17, 15) is 13.2 Å². The van der Waals surface area contributed by atoms with E-state index in [0.29, 0.717) is 5.69 Å². The molecule has 1 aromatic rings. The minimum atomic E-state index is -3.48. The number of nitrogens with one attached hydrogen (secondary N) is 1. The highest BCUT2D eigenvalue weighted by atomic mass is 79.9. The molecule has 18 heavy (non-hydrogen) atoms. The predicted molar refractivity (Wildman–Crippen MR) is 75.1 cm³/mol. The molecule has 0 aromatic heterocycles. The Kier molecular flexibility index (Phi) is 5.30. The van der Waals surface area contributed by atoms with Crippen LogP contribution in [0.2, 0.25) is 0 Å². The van der Waals surface area contributed by atoms with Gasteiger partial charge in [0.1, 0.15) is 5.75 Å². The molecule has 0 aliphatic heterocycles. The van der Waals surface area contributed by atoms with Gasteiger partial charge in [-0.05, 0) is 31.2 Å². The molecule has 0 saturated carbocycles. The lowest BCUT2D eigenvalue weighted by atomic mass is 10.3. The third-order valence-corrected chi connectivity index (χ3v) is 5.02. The molecular formula is C11H15BrN2O3S. The summed E-state index contributed by atoms with van der Waals surface area (Å²) in [6, 6.07) is 6.88. The number of carbonyl (C=O) groups is 1. The minimum absolute atomic E-state index is 0.00783. The monoisotopic (exact) mass is 334 g/mol. The number of hydrogen-bond acceptors (Lipinski definition) is 4. The third kappa shape index (κ3) is 4.40. The van der Waals surface area contributed by atoms with Crippen LogP contribution in [0.25, 0.3) is 0 Å². The Morgan fingerprint density at radius 3 is 2.44 bits per heavy atom. The van der Waals surface area contributed by atoms with Crippen LogP contribution < -0.4 is 11.1 Å². The summed E-state index contributed by atoms with van der Waals surface area (Å²) >= 11 is 3.27. The minimum Gasteiger partial charge on any atom is -0.329 e. The number of carbonyl (C=O) groups excluding carboxylic acids is 1. The first kappa shape index (κ1) is 15.1. The molecule has 1 atom stereocenters. The van der Waals surface area contributed by atoms with Crippen molar-refractivity contribution in [3.05, 3.63) is 28.7 Å². The summed E-state index contributed by atoms with van der Waals surface area (Å²) in [6.45, 7) is 1.50. The van der Waals surface area contributed by atoms with E-state index in [1.807, 2.05) is 0 Å². The van der Waals surface area contributed by atoms with E-state index in [1.54, 1.807) is 24.3 Å². The first-order valence-electron chi connectivity index (χ1n) is 5.32. The van der Waals surface area contributed by atoms with Crippen molar-refractivity contribution in [1.82, 2.24) is 0 Å². The van der Waals surface area contributed by atoms with Crippen LogP contribution in [0.1, 0.15) is 6.92 Å². The zero-order chi connectivity index (χ0) is 13.8. The second-order valence-electron chi connectivity index (χ2n) is 3.91. The Hall–Kier alpha value is -0.920. The lowest BCUT2D eigenvalue weighted by molar-refractivity contribution is -0.113. The van der Waals surface area contributed by atoms with Crippen LogP contribution in [0.3, 0.4) is 0 Å². The van der Waals surface area contributed by atoms with Gasteiger partial charge in [-0.15, -0.1) is 0 Å². The molecule has 0 spiro atoms. The standard InChI is InChI=1S/C11H15BrN2O3S/c1-8(6-13)18(16,17)7-11(15)14-10-4-2-9(12)3-5-10/h2-5,8H,6-7,13H2,1H3,(H,14,15). The molecule has 5 nitrogen and oxygen atoms in total. The molecule has 0 saturated heterocycles. The molecule has 0 radical (unpaired) electrons. The van der Waals surface area contributed by atoms with E-state index in [4.69, 9.17) is 5.73 Å². The van der Waals surface area contributed by atoms with Gasteiger partial charge in [-0.3, -0.25) is 4.79 Å². The Balaban J connectivity index is 2.65. The zero-order valence-corrected chi connectivity index (χ0v) is 12.3. The molecule has 0 aliphatic rings. The largest absolute Gasteiger partial charge is 0.329 e. The van der Waals surface area contributed by atoms with Crippen molar-refractivity contribution in [2.24, 2.45) is 5.73 Å². The number of rotatable bonds is 5. The van der Waals surface area contributed by atoms with Crippen molar-refractivity contribution >= 4 is 37.4 Å². The van der Waals surface area contributed by atoms with Crippen molar-refractivity contribution < 1.29 is 13.2 Å². The predicted octanol–water partition coefficient (Wildman–Crippen LogP) is 1.15. The molecule has 0 aliphatic carbocycles. The molecule has 1 rings (SSSR count). The van der Waals surface area contributed by atoms with Gasteiger partial charge >= 0.3 is 0 Å². The molecule has 3 N–H and O–H groups in total. The van der Waals surface area contributed by atoms with Gasteiger partial charge in [0.25, 0.3) is 0 Å². The van der Waals surface area contributed by atoms with Gasteiger partial charge in [0, 0.05) is 16.7 Å². The number of amides is 1. The summed E-state index contributed by atoms with van der Waals surface area (Å²) in [5, 5.41) is 1.81. The van der Waals surface area contributed by atoms with Crippen molar-refractivity contribution in [3.63, 3.8) is 0 Å². The Labute approximate surface area is 115 Å². The van der Waals surface area contributed by atoms with Crippen molar-refractivity contribution in [2.45, 2.75) is 12.2 Å². The maximum absolute atomic E-state index is 11.7. The van der Waals surface area contributed by atoms with Crippen LogP contribution in [-0.2, 0) is 14.6 Å². The lowest BCUT2D eigenvalue weighted by Gasteiger charge is -2.10. The van der Waals surface area contributed by atoms with Gasteiger partial charge in [0.2, 0.25) is 5.91 Å². The van der Waals surface area contributed by atoms with E-state index >= 15 is 0 Å². The molecular weight excluding hydrogens is 320 g/mol. The Morgan fingerprint density at radius 1 is 1.39 bits per heavy atom. The second-order valence-corrected chi connectivity index (χ2v) is 7.24. The Morgan fingerprint density at radius 2 is 1.94 bits per heavy atom. The summed E-state index contributed by atoms with van der Waals surface area (Å²) in [5.41, 5.74) is 5.84. The van der Waals surface area contributed by atoms with Gasteiger partial charge in [0.15, 0.2) is 9.84 Å². The first-order chi connectivity index (χ1) is 8.35. The fourth-order valence-corrected chi connectivity index (χ4v) is 2.48. The molecule has 1 unspecified atom stereocenters. The molecule has 1 amide bonds. The van der Waals surface area contributed by atoms with Gasteiger partial charge < -0.3 is 11.1 Å². The van der Waals surface area contributed by atoms with E-state index in [-0.39, 0.29) is 6.54 Å². The van der Waals surface area contributed by atoms with E-state index < -0.39 is 26.7 Å². The summed E-state index contributed by atoms with van der Waals surface area (Å²) in [4.78, 5) is 11.6. The first-order valence-corrected chi connectivity index (χ1v) is 7.83. The molecule has 0 fully saturated rings. The zero-order valence-electron chi connectivity index (χ0n) is 9.89. The summed E-state index contributed by atoms with van der Waals surface area (Å²) in [5.74, 6) is -1.11. The van der Waals surface area contributed by atoms with Crippen LogP contribution in [0.15, 0.2) is 28.7 Å². The molecule has 1 aromatic carbocycles. The third-order valence-electron chi connectivity index (χ3n) is 2.41. The second kappa shape index (κ2) is 6.31. The topological polar surface area (TPSA) is 89.3 Å². The van der Waals surface area contributed by atoms with E-state index in [0.717, 1.165) is 4.47 Å². The van der Waals surface area contributed by atoms with E-state index in [1.165, 1.54) is 6.92 Å². The highest BCUT2D eigenvalue weighted by Gasteiger charge is 2.23. The Bertz CT molecular complexity index is 514. The van der Waals surface area contributed by atoms with E-state index in [2.05, 4.69) is 21.2 Å². The smallest absolute Gasteiger partial charge is 0.239 e. The highest BCUT2D eigenvalue weighted by Crippen LogP contribution is 2.14. The molecule has 7 heteroatoms. The summed E-state index contributed by atoms with van der Waals surface area (Å²) in [7, 11) is -3.48. The van der Waals surface area contributed by atoms with Crippen LogP contribution in [0, 0.1) is 0 Å². The molecule has 100 valence electrons. The fraction of sp³-hybridized carbons (Fsp3) is 0.364. The lowest BCUT2D eigenvalue weighted by Crippen LogP contribution is -2.33. The van der Waals surface area contributed by atoms with Gasteiger partial charge in [-0.1, -0.05) is 15.9 Å². The number of anilines is 1. The van der Waals surface area contributed by atoms with Crippen LogP contribution in [0.5, 0.6) is 0 Å². The van der Waals surface area contributed by atoms with Gasteiger partial charge in [0.05, 0.1) is 5.25 Å². The SMILES string of the molecule is CC(CN)S(=O)(=O)CC(=O)Nc1ccc(Br)cc1. The highest BCUT2D eigenvalue weighted by molar-refractivity contribution is 9.10. The van der Waals surface area contributed by atoms with Gasteiger partial charge in [-0.2, -0.15) is 0 Å². The van der Waals surface area contributed by atoms with Crippen LogP contribution in [0.4, 0.5) is 5.69 Å². The summed E-state index contributed by atoms with van der Waals surface area (Å²) in [6.07, 6.45) is 0. The maximum Gasteiger partial charge on any atom is 0.239 e. The van der Waals surface area contributed by atoms with Gasteiger partial charge in [-0.25, -0.2) is 8.42 Å².